The standard InChI is InChI=1S/C12H22N4S/c1-5-11(9-17-4)16(3)12-14-7-10(6-13-2)8-15-12/h7-8,11,13H,5-6,9H2,1-4H3. The lowest BCUT2D eigenvalue weighted by Crippen LogP contribution is -2.34. The monoisotopic (exact) mass is 254 g/mol. The van der Waals surface area contributed by atoms with E-state index in [9.17, 15) is 0 Å². The van der Waals surface area contributed by atoms with Crippen molar-refractivity contribution < 1.29 is 0 Å². The first-order valence-corrected chi connectivity index (χ1v) is 7.29. The van der Waals surface area contributed by atoms with Gasteiger partial charge in [-0.2, -0.15) is 11.8 Å². The van der Waals surface area contributed by atoms with Gasteiger partial charge >= 0.3 is 0 Å². The quantitative estimate of drug-likeness (QED) is 0.803. The van der Waals surface area contributed by atoms with Gasteiger partial charge < -0.3 is 10.2 Å². The summed E-state index contributed by atoms with van der Waals surface area (Å²) in [6.45, 7) is 3.01. The first kappa shape index (κ1) is 14.3. The van der Waals surface area contributed by atoms with Crippen molar-refractivity contribution in [2.24, 2.45) is 0 Å². The Kier molecular flexibility index (Phi) is 6.29. The summed E-state index contributed by atoms with van der Waals surface area (Å²) < 4.78 is 0. The molecule has 0 radical (unpaired) electrons. The van der Waals surface area contributed by atoms with Crippen molar-refractivity contribution in [1.82, 2.24) is 15.3 Å². The van der Waals surface area contributed by atoms with E-state index < -0.39 is 0 Å². The molecule has 1 unspecified atom stereocenters. The maximum absolute atomic E-state index is 4.41. The van der Waals surface area contributed by atoms with Crippen LogP contribution in [0.4, 0.5) is 5.95 Å². The Balaban J connectivity index is 2.70. The number of nitrogens with zero attached hydrogens (tertiary/aromatic N) is 3. The number of hydrogen-bond donors (Lipinski definition) is 1. The fraction of sp³-hybridized carbons (Fsp3) is 0.667. The van der Waals surface area contributed by atoms with Gasteiger partial charge in [0.2, 0.25) is 5.95 Å². The van der Waals surface area contributed by atoms with Crippen molar-refractivity contribution >= 4 is 17.7 Å². The molecule has 5 heteroatoms. The van der Waals surface area contributed by atoms with Crippen LogP contribution >= 0.6 is 11.8 Å². The van der Waals surface area contributed by atoms with Crippen LogP contribution in [0.5, 0.6) is 0 Å². The van der Waals surface area contributed by atoms with Gasteiger partial charge in [-0.3, -0.25) is 0 Å². The second-order valence-corrected chi connectivity index (χ2v) is 4.96. The molecule has 1 rings (SSSR count). The Morgan fingerprint density at radius 3 is 2.53 bits per heavy atom. The van der Waals surface area contributed by atoms with E-state index in [-0.39, 0.29) is 0 Å². The molecule has 1 N–H and O–H groups in total. The van der Waals surface area contributed by atoms with Crippen molar-refractivity contribution in [3.05, 3.63) is 18.0 Å². The molecule has 4 nitrogen and oxygen atoms in total. The third-order valence-electron chi connectivity index (χ3n) is 2.77. The molecule has 0 aliphatic rings. The molecule has 0 fully saturated rings. The number of thioether (sulfide) groups is 1. The van der Waals surface area contributed by atoms with Crippen molar-refractivity contribution in [2.45, 2.75) is 25.9 Å². The van der Waals surface area contributed by atoms with E-state index in [1.54, 1.807) is 0 Å². The molecule has 0 spiro atoms. The fourth-order valence-corrected chi connectivity index (χ4v) is 2.53. The Labute approximate surface area is 108 Å². The highest BCUT2D eigenvalue weighted by atomic mass is 32.2. The van der Waals surface area contributed by atoms with Crippen LogP contribution < -0.4 is 10.2 Å². The van der Waals surface area contributed by atoms with Gasteiger partial charge in [0, 0.05) is 43.3 Å². The number of aromatic nitrogens is 2. The second kappa shape index (κ2) is 7.50. The smallest absolute Gasteiger partial charge is 0.225 e. The first-order valence-electron chi connectivity index (χ1n) is 5.90. The lowest BCUT2D eigenvalue weighted by Gasteiger charge is -2.26. The number of rotatable bonds is 7. The molecule has 17 heavy (non-hydrogen) atoms. The number of nitrogens with one attached hydrogen (secondary N) is 1. The number of hydrogen-bond acceptors (Lipinski definition) is 5. The Hall–Kier alpha value is -0.810. The van der Waals surface area contributed by atoms with Crippen molar-refractivity contribution in [3.8, 4) is 0 Å². The minimum absolute atomic E-state index is 0.500. The summed E-state index contributed by atoms with van der Waals surface area (Å²) in [5.74, 6) is 1.92. The van der Waals surface area contributed by atoms with E-state index in [1.807, 2.05) is 31.2 Å². The normalized spacial score (nSPS) is 12.5. The predicted octanol–water partition coefficient (Wildman–Crippen LogP) is 1.77. The molecule has 1 aromatic rings. The summed E-state index contributed by atoms with van der Waals surface area (Å²) in [7, 11) is 3.99. The minimum atomic E-state index is 0.500. The third-order valence-corrected chi connectivity index (χ3v) is 3.48. The molecular weight excluding hydrogens is 232 g/mol. The largest absolute Gasteiger partial charge is 0.340 e. The zero-order valence-corrected chi connectivity index (χ0v) is 11.9. The predicted molar refractivity (Wildman–Crippen MR) is 75.7 cm³/mol. The Morgan fingerprint density at radius 1 is 1.41 bits per heavy atom. The van der Waals surface area contributed by atoms with Gasteiger partial charge in [-0.1, -0.05) is 6.92 Å². The Bertz CT molecular complexity index is 315. The van der Waals surface area contributed by atoms with Crippen LogP contribution in [-0.2, 0) is 6.54 Å². The van der Waals surface area contributed by atoms with Gasteiger partial charge in [0.25, 0.3) is 0 Å². The maximum Gasteiger partial charge on any atom is 0.225 e. The molecule has 0 aliphatic heterocycles. The molecule has 0 saturated carbocycles. The van der Waals surface area contributed by atoms with Crippen molar-refractivity contribution in [2.75, 3.05) is 31.0 Å². The highest BCUT2D eigenvalue weighted by Gasteiger charge is 2.14. The molecule has 1 atom stereocenters. The molecule has 0 aliphatic carbocycles. The molecule has 96 valence electrons. The summed E-state index contributed by atoms with van der Waals surface area (Å²) >= 11 is 1.86. The summed E-state index contributed by atoms with van der Waals surface area (Å²) in [4.78, 5) is 11.0. The van der Waals surface area contributed by atoms with Gasteiger partial charge in [0.05, 0.1) is 0 Å². The highest BCUT2D eigenvalue weighted by Crippen LogP contribution is 2.14. The molecule has 0 saturated heterocycles. The molecular formula is C12H22N4S. The third kappa shape index (κ3) is 4.16. The molecule has 0 bridgehead atoms. The van der Waals surface area contributed by atoms with Crippen molar-refractivity contribution in [1.29, 1.82) is 0 Å². The van der Waals surface area contributed by atoms with E-state index in [0.717, 1.165) is 30.2 Å². The van der Waals surface area contributed by atoms with Gasteiger partial charge in [-0.05, 0) is 19.7 Å². The van der Waals surface area contributed by atoms with E-state index in [0.29, 0.717) is 6.04 Å². The van der Waals surface area contributed by atoms with Crippen LogP contribution in [0.15, 0.2) is 12.4 Å². The lowest BCUT2D eigenvalue weighted by atomic mass is 10.2. The summed E-state index contributed by atoms with van der Waals surface area (Å²) in [6, 6.07) is 0.500. The van der Waals surface area contributed by atoms with Gasteiger partial charge in [0.1, 0.15) is 0 Å². The summed E-state index contributed by atoms with van der Waals surface area (Å²) in [5, 5.41) is 3.09. The van der Waals surface area contributed by atoms with Crippen LogP contribution in [-0.4, -0.2) is 42.1 Å². The molecule has 1 aromatic heterocycles. The Morgan fingerprint density at radius 2 is 2.06 bits per heavy atom. The van der Waals surface area contributed by atoms with Crippen LogP contribution in [0.1, 0.15) is 18.9 Å². The van der Waals surface area contributed by atoms with E-state index >= 15 is 0 Å². The van der Waals surface area contributed by atoms with Gasteiger partial charge in [-0.25, -0.2) is 9.97 Å². The molecule has 1 heterocycles. The zero-order valence-electron chi connectivity index (χ0n) is 11.1. The van der Waals surface area contributed by atoms with Gasteiger partial charge in [-0.15, -0.1) is 0 Å². The zero-order chi connectivity index (χ0) is 12.7. The second-order valence-electron chi connectivity index (χ2n) is 4.05. The average Bonchev–Trinajstić information content (AvgIpc) is 2.36. The van der Waals surface area contributed by atoms with Crippen LogP contribution in [0.2, 0.25) is 0 Å². The topological polar surface area (TPSA) is 41.1 Å². The van der Waals surface area contributed by atoms with E-state index in [4.69, 9.17) is 0 Å². The SMILES string of the molecule is CCC(CSC)N(C)c1ncc(CNC)cn1. The van der Waals surface area contributed by atoms with Crippen molar-refractivity contribution in [3.63, 3.8) is 0 Å². The summed E-state index contributed by atoms with van der Waals surface area (Å²) in [6.07, 6.45) is 7.02. The maximum atomic E-state index is 4.41. The molecule has 0 amide bonds. The lowest BCUT2D eigenvalue weighted by molar-refractivity contribution is 0.655. The van der Waals surface area contributed by atoms with Crippen LogP contribution in [0.3, 0.4) is 0 Å². The van der Waals surface area contributed by atoms with Crippen LogP contribution in [0, 0.1) is 0 Å². The average molecular weight is 254 g/mol. The molecule has 0 aromatic carbocycles. The van der Waals surface area contributed by atoms with E-state index in [2.05, 4.69) is 40.4 Å². The van der Waals surface area contributed by atoms with Gasteiger partial charge in [0.15, 0.2) is 0 Å². The summed E-state index contributed by atoms with van der Waals surface area (Å²) in [5.41, 5.74) is 1.11. The number of anilines is 1. The highest BCUT2D eigenvalue weighted by molar-refractivity contribution is 7.98. The van der Waals surface area contributed by atoms with Crippen LogP contribution in [0.25, 0.3) is 0 Å². The minimum Gasteiger partial charge on any atom is -0.340 e. The fourth-order valence-electron chi connectivity index (χ4n) is 1.68. The first-order chi connectivity index (χ1) is 8.22. The van der Waals surface area contributed by atoms with E-state index in [1.165, 1.54) is 0 Å².